The summed E-state index contributed by atoms with van der Waals surface area (Å²) in [6, 6.07) is -0.298. The fourth-order valence-electron chi connectivity index (χ4n) is 2.46. The highest BCUT2D eigenvalue weighted by molar-refractivity contribution is 7.99. The number of aliphatic carboxylic acids is 1. The average molecular weight is 424 g/mol. The van der Waals surface area contributed by atoms with Crippen LogP contribution in [0.15, 0.2) is 17.3 Å². The quantitative estimate of drug-likeness (QED) is 0.314. The highest BCUT2D eigenvalue weighted by atomic mass is 35.5. The monoisotopic (exact) mass is 423 g/mol. The Labute approximate surface area is 159 Å². The van der Waals surface area contributed by atoms with Crippen LogP contribution in [0.25, 0.3) is 11.2 Å². The molecule has 0 radical (unpaired) electrons. The van der Waals surface area contributed by atoms with Gasteiger partial charge in [0, 0.05) is 12.2 Å². The molecule has 1 aliphatic rings. The van der Waals surface area contributed by atoms with Crippen LogP contribution in [0.4, 0.5) is 13.2 Å². The van der Waals surface area contributed by atoms with E-state index in [2.05, 4.69) is 20.3 Å². The first-order chi connectivity index (χ1) is 12.7. The fourth-order valence-corrected chi connectivity index (χ4v) is 3.53. The molecule has 2 heterocycles. The maximum atomic E-state index is 12.3. The second-order valence-corrected chi connectivity index (χ2v) is 7.07. The number of rotatable bonds is 7. The zero-order valence-corrected chi connectivity index (χ0v) is 15.1. The van der Waals surface area contributed by atoms with Gasteiger partial charge in [0.15, 0.2) is 21.5 Å². The summed E-state index contributed by atoms with van der Waals surface area (Å²) in [6.45, 7) is -0.423. The van der Waals surface area contributed by atoms with Gasteiger partial charge in [0.1, 0.15) is 6.61 Å². The van der Waals surface area contributed by atoms with Crippen LogP contribution in [0, 0.1) is 0 Å². The SMILES string of the molecule is O=C(O)CO[C@@H]1C=C[C@@H](n2nnc3c(Cl)nc(SCCC(F)(F)F)nc32)C1. The van der Waals surface area contributed by atoms with Crippen molar-refractivity contribution in [2.24, 2.45) is 0 Å². The molecule has 13 heteroatoms. The Kier molecular flexibility index (Phi) is 5.86. The third-order valence-electron chi connectivity index (χ3n) is 3.63. The van der Waals surface area contributed by atoms with Gasteiger partial charge in [0.2, 0.25) is 0 Å². The molecule has 2 aromatic rings. The molecule has 1 N–H and O–H groups in total. The number of hydrogen-bond donors (Lipinski definition) is 1. The standard InChI is InChI=1S/C14H13ClF3N5O3S/c15-11-10-12(20-13(19-11)27-4-3-14(16,17)18)23(22-21-10)7-1-2-8(5-7)26-6-9(24)25/h1-2,7-8H,3-6H2,(H,24,25)/t7-,8-/m1/s1. The number of alkyl halides is 3. The molecule has 0 saturated carbocycles. The molecule has 0 unspecified atom stereocenters. The molecule has 0 fully saturated rings. The Balaban J connectivity index is 1.75. The van der Waals surface area contributed by atoms with E-state index in [-0.39, 0.29) is 33.3 Å². The van der Waals surface area contributed by atoms with Gasteiger partial charge in [-0.05, 0) is 0 Å². The van der Waals surface area contributed by atoms with Crippen molar-refractivity contribution in [1.82, 2.24) is 25.0 Å². The van der Waals surface area contributed by atoms with Gasteiger partial charge in [-0.25, -0.2) is 19.4 Å². The van der Waals surface area contributed by atoms with Crippen molar-refractivity contribution in [1.29, 1.82) is 0 Å². The molecule has 0 aliphatic heterocycles. The molecule has 0 amide bonds. The molecule has 8 nitrogen and oxygen atoms in total. The molecule has 0 saturated heterocycles. The second kappa shape index (κ2) is 7.98. The van der Waals surface area contributed by atoms with Crippen LogP contribution in [0.1, 0.15) is 18.9 Å². The van der Waals surface area contributed by atoms with Gasteiger partial charge in [-0.3, -0.25) is 0 Å². The zero-order chi connectivity index (χ0) is 19.6. The summed E-state index contributed by atoms with van der Waals surface area (Å²) in [5.41, 5.74) is 0.526. The number of carboxylic acid groups (broad SMARTS) is 1. The summed E-state index contributed by atoms with van der Waals surface area (Å²) in [5.74, 6) is -1.31. The first-order valence-electron chi connectivity index (χ1n) is 7.72. The summed E-state index contributed by atoms with van der Waals surface area (Å²) in [6.07, 6.45) is -1.73. The maximum absolute atomic E-state index is 12.3. The summed E-state index contributed by atoms with van der Waals surface area (Å²) in [5, 5.41) is 16.7. The lowest BCUT2D eigenvalue weighted by Gasteiger charge is -2.12. The fraction of sp³-hybridized carbons (Fsp3) is 0.500. The first-order valence-corrected chi connectivity index (χ1v) is 9.09. The first kappa shape index (κ1) is 19.8. The van der Waals surface area contributed by atoms with Gasteiger partial charge in [0.25, 0.3) is 0 Å². The lowest BCUT2D eigenvalue weighted by Crippen LogP contribution is -2.17. The number of hydrogen-bond acceptors (Lipinski definition) is 7. The lowest BCUT2D eigenvalue weighted by molar-refractivity contribution is -0.143. The van der Waals surface area contributed by atoms with Crippen LogP contribution >= 0.6 is 23.4 Å². The van der Waals surface area contributed by atoms with Gasteiger partial charge in [-0.1, -0.05) is 40.7 Å². The van der Waals surface area contributed by atoms with Gasteiger partial charge in [0.05, 0.1) is 18.6 Å². The predicted octanol–water partition coefficient (Wildman–Crippen LogP) is 2.89. The number of nitrogens with zero attached hydrogens (tertiary/aromatic N) is 5. The minimum Gasteiger partial charge on any atom is -0.480 e. The highest BCUT2D eigenvalue weighted by Gasteiger charge is 2.28. The minimum absolute atomic E-state index is 0.00131. The van der Waals surface area contributed by atoms with Gasteiger partial charge < -0.3 is 9.84 Å². The highest BCUT2D eigenvalue weighted by Crippen LogP contribution is 2.30. The van der Waals surface area contributed by atoms with E-state index in [1.165, 1.54) is 4.68 Å². The van der Waals surface area contributed by atoms with Crippen molar-refractivity contribution < 1.29 is 27.8 Å². The number of halogens is 4. The van der Waals surface area contributed by atoms with Crippen LogP contribution in [-0.2, 0) is 9.53 Å². The topological polar surface area (TPSA) is 103 Å². The normalized spacial score (nSPS) is 19.9. The van der Waals surface area contributed by atoms with Crippen molar-refractivity contribution in [3.63, 3.8) is 0 Å². The number of allylic oxidation sites excluding steroid dienone is 1. The molecule has 0 spiro atoms. The van der Waals surface area contributed by atoms with Crippen molar-refractivity contribution >= 4 is 40.5 Å². The molecule has 2 aromatic heterocycles. The van der Waals surface area contributed by atoms with E-state index in [1.807, 2.05) is 0 Å². The van der Waals surface area contributed by atoms with Gasteiger partial charge in [-0.2, -0.15) is 13.2 Å². The van der Waals surface area contributed by atoms with Gasteiger partial charge in [-0.15, -0.1) is 5.10 Å². The molecule has 0 aromatic carbocycles. The third-order valence-corrected chi connectivity index (χ3v) is 4.75. The molecule has 1 aliphatic carbocycles. The van der Waals surface area contributed by atoms with Crippen molar-refractivity contribution in [2.75, 3.05) is 12.4 Å². The van der Waals surface area contributed by atoms with E-state index in [4.69, 9.17) is 21.4 Å². The average Bonchev–Trinajstić information content (AvgIpc) is 3.18. The molecule has 3 rings (SSSR count). The largest absolute Gasteiger partial charge is 0.480 e. The summed E-state index contributed by atoms with van der Waals surface area (Å²) in [4.78, 5) is 18.8. The van der Waals surface area contributed by atoms with E-state index in [1.54, 1.807) is 12.2 Å². The van der Waals surface area contributed by atoms with E-state index >= 15 is 0 Å². The maximum Gasteiger partial charge on any atom is 0.389 e. The van der Waals surface area contributed by atoms with Crippen LogP contribution in [0.3, 0.4) is 0 Å². The van der Waals surface area contributed by atoms with Crippen molar-refractivity contribution in [3.05, 3.63) is 17.3 Å². The number of aromatic nitrogens is 5. The summed E-state index contributed by atoms with van der Waals surface area (Å²) < 4.78 is 43.6. The summed E-state index contributed by atoms with van der Waals surface area (Å²) >= 11 is 6.89. The molecule has 27 heavy (non-hydrogen) atoms. The van der Waals surface area contributed by atoms with Crippen LogP contribution in [0.2, 0.25) is 5.15 Å². The molecule has 0 bridgehead atoms. The minimum atomic E-state index is -4.26. The van der Waals surface area contributed by atoms with E-state index in [0.717, 1.165) is 11.8 Å². The molecular weight excluding hydrogens is 411 g/mol. The summed E-state index contributed by atoms with van der Waals surface area (Å²) in [7, 11) is 0. The molecule has 2 atom stereocenters. The lowest BCUT2D eigenvalue weighted by atomic mass is 10.2. The number of carboxylic acids is 1. The third kappa shape index (κ3) is 5.08. The van der Waals surface area contributed by atoms with Crippen molar-refractivity contribution in [2.45, 2.75) is 36.3 Å². The Morgan fingerprint density at radius 2 is 2.19 bits per heavy atom. The number of ether oxygens (including phenoxy) is 1. The second-order valence-electron chi connectivity index (χ2n) is 5.65. The smallest absolute Gasteiger partial charge is 0.389 e. The van der Waals surface area contributed by atoms with Gasteiger partial charge >= 0.3 is 12.1 Å². The van der Waals surface area contributed by atoms with E-state index in [0.29, 0.717) is 6.42 Å². The van der Waals surface area contributed by atoms with E-state index < -0.39 is 31.3 Å². The number of fused-ring (bicyclic) bond motifs is 1. The van der Waals surface area contributed by atoms with Crippen LogP contribution < -0.4 is 0 Å². The van der Waals surface area contributed by atoms with Crippen molar-refractivity contribution in [3.8, 4) is 0 Å². The zero-order valence-electron chi connectivity index (χ0n) is 13.6. The Morgan fingerprint density at radius 1 is 1.41 bits per heavy atom. The van der Waals surface area contributed by atoms with Crippen LogP contribution in [-0.4, -0.2) is 60.7 Å². The van der Waals surface area contributed by atoms with E-state index in [9.17, 15) is 18.0 Å². The number of thioether (sulfide) groups is 1. The predicted molar refractivity (Wildman–Crippen MR) is 89.7 cm³/mol. The Morgan fingerprint density at radius 3 is 2.89 bits per heavy atom. The Bertz CT molecular complexity index is 876. The Hall–Kier alpha value is -1.92. The molecular formula is C14H13ClF3N5O3S. The number of carbonyl (C=O) groups is 1. The van der Waals surface area contributed by atoms with Crippen LogP contribution in [0.5, 0.6) is 0 Å². The molecule has 146 valence electrons.